The van der Waals surface area contributed by atoms with Gasteiger partial charge in [-0.05, 0) is 42.8 Å². The van der Waals surface area contributed by atoms with Gasteiger partial charge in [-0.3, -0.25) is 10.2 Å². The molecule has 0 aliphatic heterocycles. The summed E-state index contributed by atoms with van der Waals surface area (Å²) >= 11 is 11.4. The van der Waals surface area contributed by atoms with E-state index in [0.717, 1.165) is 19.3 Å². The molecule has 2 N–H and O–H groups in total. The van der Waals surface area contributed by atoms with Crippen LogP contribution in [0.5, 0.6) is 5.75 Å². The Morgan fingerprint density at radius 1 is 1.07 bits per heavy atom. The number of sulfonamides is 1. The maximum absolute atomic E-state index is 12.2. The molecule has 7 nitrogen and oxygen atoms in total. The normalized spacial score (nSPS) is 11.2. The number of nitrogens with one attached hydrogen (secondary N) is 2. The number of hydrogen-bond donors (Lipinski definition) is 2. The van der Waals surface area contributed by atoms with Crippen molar-refractivity contribution in [2.45, 2.75) is 37.5 Å². The van der Waals surface area contributed by atoms with E-state index in [4.69, 9.17) is 27.9 Å². The number of benzene rings is 1. The number of amides is 1. The summed E-state index contributed by atoms with van der Waals surface area (Å²) in [5.41, 5.74) is 2.39. The minimum atomic E-state index is -4.10. The summed E-state index contributed by atoms with van der Waals surface area (Å²) in [5.74, 6) is 0.0174. The number of carbonyl (C=O) groups is 1. The minimum absolute atomic E-state index is 0.0562. The van der Waals surface area contributed by atoms with Crippen molar-refractivity contribution >= 4 is 39.1 Å². The smallest absolute Gasteiger partial charge is 0.266 e. The highest BCUT2D eigenvalue weighted by Gasteiger charge is 2.20. The van der Waals surface area contributed by atoms with Crippen LogP contribution in [0.4, 0.5) is 0 Å². The van der Waals surface area contributed by atoms with E-state index in [0.29, 0.717) is 12.4 Å². The van der Waals surface area contributed by atoms with Gasteiger partial charge in [0.25, 0.3) is 15.9 Å². The lowest BCUT2D eigenvalue weighted by Crippen LogP contribution is -2.41. The van der Waals surface area contributed by atoms with Gasteiger partial charge < -0.3 is 4.74 Å². The monoisotopic (exact) mass is 445 g/mol. The summed E-state index contributed by atoms with van der Waals surface area (Å²) in [6, 6.07) is 8.87. The van der Waals surface area contributed by atoms with Crippen LogP contribution in [0.15, 0.2) is 41.3 Å². The van der Waals surface area contributed by atoms with Crippen LogP contribution in [0.3, 0.4) is 0 Å². The van der Waals surface area contributed by atoms with Crippen molar-refractivity contribution in [3.63, 3.8) is 0 Å². The number of rotatable bonds is 10. The highest BCUT2D eigenvalue weighted by Crippen LogP contribution is 2.21. The third-order valence-corrected chi connectivity index (χ3v) is 5.64. The molecule has 2 aromatic rings. The summed E-state index contributed by atoms with van der Waals surface area (Å²) in [4.78, 5) is 17.5. The fourth-order valence-electron chi connectivity index (χ4n) is 2.26. The van der Waals surface area contributed by atoms with Gasteiger partial charge in [-0.25, -0.2) is 13.4 Å². The average molecular weight is 446 g/mol. The van der Waals surface area contributed by atoms with Gasteiger partial charge in [0.05, 0.1) is 6.61 Å². The van der Waals surface area contributed by atoms with Crippen LogP contribution < -0.4 is 15.0 Å². The SMILES string of the molecule is CCCCCCOc1ccc(C(=O)NNS(=O)(=O)c2ccc(Cl)nc2Cl)cc1. The Bertz CT molecular complexity index is 906. The first-order valence-electron chi connectivity index (χ1n) is 8.70. The minimum Gasteiger partial charge on any atom is -0.494 e. The lowest BCUT2D eigenvalue weighted by atomic mass is 10.2. The number of carbonyl (C=O) groups excluding carboxylic acids is 1. The van der Waals surface area contributed by atoms with E-state index in [2.05, 4.69) is 17.3 Å². The summed E-state index contributed by atoms with van der Waals surface area (Å²) < 4.78 is 30.1. The highest BCUT2D eigenvalue weighted by atomic mass is 35.5. The van der Waals surface area contributed by atoms with Crippen LogP contribution in [0.25, 0.3) is 0 Å². The molecular formula is C18H21Cl2N3O4S. The first-order chi connectivity index (χ1) is 13.3. The second kappa shape index (κ2) is 10.6. The number of pyridine rings is 1. The van der Waals surface area contributed by atoms with Crippen LogP contribution in [0, 0.1) is 0 Å². The van der Waals surface area contributed by atoms with E-state index in [1.807, 2.05) is 4.83 Å². The number of ether oxygens (including phenoxy) is 1. The Kier molecular flexibility index (Phi) is 8.50. The molecule has 1 aromatic carbocycles. The molecule has 0 spiro atoms. The molecule has 0 radical (unpaired) electrons. The fraction of sp³-hybridized carbons (Fsp3) is 0.333. The molecular weight excluding hydrogens is 425 g/mol. The number of hydrogen-bond acceptors (Lipinski definition) is 5. The topological polar surface area (TPSA) is 97.4 Å². The van der Waals surface area contributed by atoms with Crippen molar-refractivity contribution in [1.82, 2.24) is 15.2 Å². The van der Waals surface area contributed by atoms with E-state index in [9.17, 15) is 13.2 Å². The van der Waals surface area contributed by atoms with Crippen LogP contribution in [0.2, 0.25) is 10.3 Å². The molecule has 0 unspecified atom stereocenters. The van der Waals surface area contributed by atoms with Crippen molar-refractivity contribution < 1.29 is 17.9 Å². The van der Waals surface area contributed by atoms with Crippen LogP contribution in [-0.2, 0) is 10.0 Å². The summed E-state index contributed by atoms with van der Waals surface area (Å²) in [6.07, 6.45) is 4.42. The zero-order valence-corrected chi connectivity index (χ0v) is 17.6. The maximum atomic E-state index is 12.2. The Labute approximate surface area is 174 Å². The van der Waals surface area contributed by atoms with Gasteiger partial charge >= 0.3 is 0 Å². The Hall–Kier alpha value is -1.87. The van der Waals surface area contributed by atoms with Gasteiger partial charge in [0.1, 0.15) is 15.8 Å². The molecule has 0 aliphatic rings. The average Bonchev–Trinajstić information content (AvgIpc) is 2.66. The van der Waals surface area contributed by atoms with E-state index in [-0.39, 0.29) is 20.8 Å². The second-order valence-electron chi connectivity index (χ2n) is 5.92. The maximum Gasteiger partial charge on any atom is 0.266 e. The molecule has 0 saturated heterocycles. The third kappa shape index (κ3) is 6.63. The molecule has 0 bridgehead atoms. The van der Waals surface area contributed by atoms with E-state index < -0.39 is 15.9 Å². The predicted octanol–water partition coefficient (Wildman–Crippen LogP) is 3.97. The number of hydrazine groups is 1. The molecule has 28 heavy (non-hydrogen) atoms. The molecule has 0 atom stereocenters. The first kappa shape index (κ1) is 22.4. The number of halogens is 2. The predicted molar refractivity (Wildman–Crippen MR) is 108 cm³/mol. The molecule has 1 amide bonds. The lowest BCUT2D eigenvalue weighted by Gasteiger charge is -2.10. The molecule has 0 aliphatic carbocycles. The summed E-state index contributed by atoms with van der Waals surface area (Å²) in [6.45, 7) is 2.76. The molecule has 10 heteroatoms. The quantitative estimate of drug-likeness (QED) is 0.327. The zero-order valence-electron chi connectivity index (χ0n) is 15.2. The zero-order chi connectivity index (χ0) is 20.6. The van der Waals surface area contributed by atoms with E-state index in [1.165, 1.54) is 18.6 Å². The van der Waals surface area contributed by atoms with Gasteiger partial charge in [-0.1, -0.05) is 49.4 Å². The summed E-state index contributed by atoms with van der Waals surface area (Å²) in [5, 5.41) is -0.240. The van der Waals surface area contributed by atoms with Gasteiger partial charge in [0.15, 0.2) is 5.15 Å². The van der Waals surface area contributed by atoms with Crippen LogP contribution in [0.1, 0.15) is 43.0 Å². The molecule has 152 valence electrons. The van der Waals surface area contributed by atoms with Crippen LogP contribution >= 0.6 is 23.2 Å². The fourth-order valence-corrected chi connectivity index (χ4v) is 3.76. The standard InChI is InChI=1S/C18H21Cl2N3O4S/c1-2-3-4-5-12-27-14-8-6-13(7-9-14)18(24)22-23-28(25,26)15-10-11-16(19)21-17(15)20/h6-11,23H,2-5,12H2,1H3,(H,22,24). The van der Waals surface area contributed by atoms with Crippen molar-refractivity contribution in [2.75, 3.05) is 6.61 Å². The Morgan fingerprint density at radius 2 is 1.79 bits per heavy atom. The Balaban J connectivity index is 1.90. The number of unbranched alkanes of at least 4 members (excludes halogenated alkanes) is 3. The van der Waals surface area contributed by atoms with E-state index >= 15 is 0 Å². The number of aromatic nitrogens is 1. The van der Waals surface area contributed by atoms with Gasteiger partial charge in [-0.2, -0.15) is 0 Å². The molecule has 0 saturated carbocycles. The largest absolute Gasteiger partial charge is 0.494 e. The summed E-state index contributed by atoms with van der Waals surface area (Å²) in [7, 11) is -4.10. The van der Waals surface area contributed by atoms with Crippen molar-refractivity contribution in [3.05, 3.63) is 52.3 Å². The first-order valence-corrected chi connectivity index (χ1v) is 10.9. The highest BCUT2D eigenvalue weighted by molar-refractivity contribution is 7.89. The van der Waals surface area contributed by atoms with Crippen molar-refractivity contribution in [2.24, 2.45) is 0 Å². The second-order valence-corrected chi connectivity index (χ2v) is 8.31. The van der Waals surface area contributed by atoms with Gasteiger partial charge in [0, 0.05) is 5.56 Å². The molecule has 1 heterocycles. The van der Waals surface area contributed by atoms with Gasteiger partial charge in [0.2, 0.25) is 0 Å². The molecule has 2 rings (SSSR count). The lowest BCUT2D eigenvalue weighted by molar-refractivity contribution is 0.0945. The van der Waals surface area contributed by atoms with Crippen LogP contribution in [-0.4, -0.2) is 25.9 Å². The number of nitrogens with zero attached hydrogens (tertiary/aromatic N) is 1. The van der Waals surface area contributed by atoms with E-state index in [1.54, 1.807) is 24.3 Å². The van der Waals surface area contributed by atoms with Crippen molar-refractivity contribution in [3.8, 4) is 5.75 Å². The molecule has 0 fully saturated rings. The Morgan fingerprint density at radius 3 is 2.43 bits per heavy atom. The molecule has 1 aromatic heterocycles. The van der Waals surface area contributed by atoms with Gasteiger partial charge in [-0.15, -0.1) is 4.83 Å². The van der Waals surface area contributed by atoms with Crippen molar-refractivity contribution in [1.29, 1.82) is 0 Å². The third-order valence-electron chi connectivity index (χ3n) is 3.75.